The smallest absolute Gasteiger partial charge is 0.283 e. The number of amides is 1. The van der Waals surface area contributed by atoms with Crippen LogP contribution in [0.25, 0.3) is 10.9 Å². The largest absolute Gasteiger partial charge is 0.323 e. The van der Waals surface area contributed by atoms with Crippen LogP contribution in [0.15, 0.2) is 39.4 Å². The molecule has 5 nitrogen and oxygen atoms in total. The van der Waals surface area contributed by atoms with Gasteiger partial charge in [0.15, 0.2) is 0 Å². The van der Waals surface area contributed by atoms with Crippen LogP contribution in [0.4, 0.5) is 14.5 Å². The van der Waals surface area contributed by atoms with Crippen molar-refractivity contribution < 1.29 is 13.6 Å². The molecule has 0 radical (unpaired) electrons. The molecule has 0 spiro atoms. The van der Waals surface area contributed by atoms with Gasteiger partial charge in [-0.2, -0.15) is 5.10 Å². The zero-order chi connectivity index (χ0) is 19.1. The highest BCUT2D eigenvalue weighted by molar-refractivity contribution is 9.11. The molecule has 1 aromatic carbocycles. The van der Waals surface area contributed by atoms with Gasteiger partial charge in [-0.25, -0.2) is 8.78 Å². The van der Waals surface area contributed by atoms with Crippen molar-refractivity contribution in [3.63, 3.8) is 0 Å². The van der Waals surface area contributed by atoms with Crippen molar-refractivity contribution in [1.82, 2.24) is 14.8 Å². The highest BCUT2D eigenvalue weighted by Gasteiger charge is 2.34. The number of rotatable bonds is 5. The molecule has 3 aromatic rings. The summed E-state index contributed by atoms with van der Waals surface area (Å²) >= 11 is 6.69. The second kappa shape index (κ2) is 7.27. The number of halogens is 4. The number of anilines is 1. The molecule has 140 valence electrons. The van der Waals surface area contributed by atoms with Crippen LogP contribution in [0.3, 0.4) is 0 Å². The van der Waals surface area contributed by atoms with E-state index in [1.165, 1.54) is 4.68 Å². The van der Waals surface area contributed by atoms with E-state index in [-0.39, 0.29) is 24.1 Å². The second-order valence-corrected chi connectivity index (χ2v) is 8.01. The van der Waals surface area contributed by atoms with Crippen LogP contribution in [-0.2, 0) is 11.3 Å². The molecule has 0 atom stereocenters. The summed E-state index contributed by atoms with van der Waals surface area (Å²) in [5.41, 5.74) is 1.56. The van der Waals surface area contributed by atoms with Crippen LogP contribution >= 0.6 is 31.9 Å². The minimum Gasteiger partial charge on any atom is -0.323 e. The Balaban J connectivity index is 1.61. The Morgan fingerprint density at radius 3 is 2.78 bits per heavy atom. The van der Waals surface area contributed by atoms with E-state index >= 15 is 0 Å². The average Bonchev–Trinajstić information content (AvgIpc) is 3.41. The Morgan fingerprint density at radius 1 is 1.30 bits per heavy atom. The molecule has 2 aromatic heterocycles. The highest BCUT2D eigenvalue weighted by atomic mass is 79.9. The summed E-state index contributed by atoms with van der Waals surface area (Å²) in [6.07, 6.45) is 0.779. The lowest BCUT2D eigenvalue weighted by molar-refractivity contribution is -0.117. The molecule has 0 saturated heterocycles. The fraction of sp³-hybridized carbons (Fsp3) is 0.278. The summed E-state index contributed by atoms with van der Waals surface area (Å²) in [6.45, 7) is -0.137. The molecule has 1 N–H and O–H groups in total. The lowest BCUT2D eigenvalue weighted by Gasteiger charge is -2.11. The zero-order valence-corrected chi connectivity index (χ0v) is 17.1. The topological polar surface area (TPSA) is 59.8 Å². The van der Waals surface area contributed by atoms with Gasteiger partial charge in [-0.3, -0.25) is 14.5 Å². The van der Waals surface area contributed by atoms with Crippen molar-refractivity contribution in [1.29, 1.82) is 0 Å². The van der Waals surface area contributed by atoms with Crippen molar-refractivity contribution in [2.75, 3.05) is 5.32 Å². The van der Waals surface area contributed by atoms with Crippen molar-refractivity contribution in [2.24, 2.45) is 0 Å². The Bertz CT molecular complexity index is 1030. The maximum absolute atomic E-state index is 13.2. The molecule has 1 aliphatic carbocycles. The van der Waals surface area contributed by atoms with Gasteiger partial charge in [0.25, 0.3) is 6.43 Å². The molecule has 1 amide bonds. The van der Waals surface area contributed by atoms with Gasteiger partial charge in [0, 0.05) is 22.0 Å². The summed E-state index contributed by atoms with van der Waals surface area (Å²) in [4.78, 5) is 16.9. The Labute approximate surface area is 170 Å². The van der Waals surface area contributed by atoms with E-state index < -0.39 is 6.43 Å². The fourth-order valence-electron chi connectivity index (χ4n) is 3.04. The predicted molar refractivity (Wildman–Crippen MR) is 105 cm³/mol. The molecule has 1 saturated carbocycles. The van der Waals surface area contributed by atoms with Crippen molar-refractivity contribution in [3.8, 4) is 0 Å². The molecule has 1 aliphatic rings. The number of alkyl halides is 2. The van der Waals surface area contributed by atoms with Crippen LogP contribution in [0.5, 0.6) is 0 Å². The minimum absolute atomic E-state index is 0.137. The van der Waals surface area contributed by atoms with Crippen molar-refractivity contribution in [2.45, 2.75) is 31.7 Å². The molecule has 0 unspecified atom stereocenters. The number of hydrogen-bond acceptors (Lipinski definition) is 3. The standard InChI is InChI=1S/C18H14Br2F2N4O/c19-11-5-6-12(15-10(11)2-1-7-23-15)24-13(27)8-26-17(9-3-4-9)14(20)16(25-26)18(21)22/h1-2,5-7,9,18H,3-4,8H2,(H,24,27). The molecule has 2 heterocycles. The monoisotopic (exact) mass is 498 g/mol. The Kier molecular flexibility index (Phi) is 4.98. The van der Waals surface area contributed by atoms with Crippen LogP contribution in [0.1, 0.15) is 36.6 Å². The second-order valence-electron chi connectivity index (χ2n) is 6.36. The van der Waals surface area contributed by atoms with Gasteiger partial charge >= 0.3 is 0 Å². The molecular weight excluding hydrogens is 486 g/mol. The van der Waals surface area contributed by atoms with Gasteiger partial charge in [-0.1, -0.05) is 22.0 Å². The highest BCUT2D eigenvalue weighted by Crippen LogP contribution is 2.45. The van der Waals surface area contributed by atoms with Gasteiger partial charge in [-0.05, 0) is 47.0 Å². The van der Waals surface area contributed by atoms with Crippen molar-refractivity contribution in [3.05, 3.63) is 50.8 Å². The number of fused-ring (bicyclic) bond motifs is 1. The van der Waals surface area contributed by atoms with E-state index in [0.717, 1.165) is 22.7 Å². The normalized spacial score (nSPS) is 14.1. The quantitative estimate of drug-likeness (QED) is 0.510. The lowest BCUT2D eigenvalue weighted by Crippen LogP contribution is -2.21. The summed E-state index contributed by atoms with van der Waals surface area (Å²) < 4.78 is 28.9. The first kappa shape index (κ1) is 18.5. The zero-order valence-electron chi connectivity index (χ0n) is 13.9. The molecular formula is C18H14Br2F2N4O. The van der Waals surface area contributed by atoms with Gasteiger partial charge in [-0.15, -0.1) is 0 Å². The summed E-state index contributed by atoms with van der Waals surface area (Å²) in [6, 6.07) is 7.29. The molecule has 27 heavy (non-hydrogen) atoms. The van der Waals surface area contributed by atoms with Crippen LogP contribution < -0.4 is 5.32 Å². The number of hydrogen-bond donors (Lipinski definition) is 1. The third-order valence-electron chi connectivity index (χ3n) is 4.41. The van der Waals surface area contributed by atoms with Gasteiger partial charge in [0.2, 0.25) is 5.91 Å². The number of nitrogens with one attached hydrogen (secondary N) is 1. The van der Waals surface area contributed by atoms with E-state index in [2.05, 4.69) is 47.3 Å². The van der Waals surface area contributed by atoms with Gasteiger partial charge in [0.1, 0.15) is 12.2 Å². The number of carbonyl (C=O) groups is 1. The first-order chi connectivity index (χ1) is 13.0. The Morgan fingerprint density at radius 2 is 2.07 bits per heavy atom. The Hall–Kier alpha value is -1.87. The van der Waals surface area contributed by atoms with Crippen LogP contribution in [0.2, 0.25) is 0 Å². The summed E-state index contributed by atoms with van der Waals surface area (Å²) in [5.74, 6) is -0.177. The van der Waals surface area contributed by atoms with Gasteiger partial charge < -0.3 is 5.32 Å². The fourth-order valence-corrected chi connectivity index (χ4v) is 4.28. The summed E-state index contributed by atoms with van der Waals surface area (Å²) in [7, 11) is 0. The average molecular weight is 500 g/mol. The molecule has 0 bridgehead atoms. The van der Waals surface area contributed by atoms with E-state index in [4.69, 9.17) is 0 Å². The number of carbonyl (C=O) groups excluding carboxylic acids is 1. The van der Waals surface area contributed by atoms with E-state index in [9.17, 15) is 13.6 Å². The third-order valence-corrected chi connectivity index (χ3v) is 5.91. The molecule has 4 rings (SSSR count). The number of nitrogens with zero attached hydrogens (tertiary/aromatic N) is 3. The van der Waals surface area contributed by atoms with E-state index in [1.54, 1.807) is 12.3 Å². The molecule has 1 fully saturated rings. The van der Waals surface area contributed by atoms with Gasteiger partial charge in [0.05, 0.1) is 21.4 Å². The van der Waals surface area contributed by atoms with E-state index in [0.29, 0.717) is 21.4 Å². The maximum atomic E-state index is 13.2. The predicted octanol–water partition coefficient (Wildman–Crippen LogP) is 5.41. The van der Waals surface area contributed by atoms with Crippen LogP contribution in [-0.4, -0.2) is 20.7 Å². The number of benzene rings is 1. The number of aromatic nitrogens is 3. The number of pyridine rings is 1. The minimum atomic E-state index is -2.69. The SMILES string of the molecule is O=C(Cn1nc(C(F)F)c(Br)c1C1CC1)Nc1ccc(Br)c2cccnc12. The lowest BCUT2D eigenvalue weighted by atomic mass is 10.2. The van der Waals surface area contributed by atoms with E-state index in [1.807, 2.05) is 18.2 Å². The van der Waals surface area contributed by atoms with Crippen molar-refractivity contribution >= 4 is 54.4 Å². The molecule has 0 aliphatic heterocycles. The first-order valence-corrected chi connectivity index (χ1v) is 9.91. The van der Waals surface area contributed by atoms with Crippen LogP contribution in [0, 0.1) is 0 Å². The molecule has 9 heteroatoms. The maximum Gasteiger partial charge on any atom is 0.283 e. The third kappa shape index (κ3) is 3.62. The first-order valence-electron chi connectivity index (χ1n) is 8.33. The summed E-state index contributed by atoms with van der Waals surface area (Å²) in [5, 5.41) is 7.65.